The van der Waals surface area contributed by atoms with Crippen molar-refractivity contribution in [2.75, 3.05) is 33.7 Å². The fourth-order valence-electron chi connectivity index (χ4n) is 2.35. The van der Waals surface area contributed by atoms with E-state index < -0.39 is 18.8 Å². The van der Waals surface area contributed by atoms with Gasteiger partial charge in [-0.2, -0.15) is 13.2 Å². The summed E-state index contributed by atoms with van der Waals surface area (Å²) in [6, 6.07) is 0. The van der Waals surface area contributed by atoms with Gasteiger partial charge in [0.2, 0.25) is 5.91 Å². The average Bonchev–Trinajstić information content (AvgIpc) is 2.48. The smallest absolute Gasteiger partial charge is 0.382 e. The average molecular weight is 324 g/mol. The van der Waals surface area contributed by atoms with Gasteiger partial charge in [0, 0.05) is 33.6 Å². The molecule has 1 aliphatic heterocycles. The topological polar surface area (TPSA) is 77.0 Å². The van der Waals surface area contributed by atoms with Crippen LogP contribution in [0.5, 0.6) is 0 Å². The lowest BCUT2D eigenvalue weighted by Gasteiger charge is -2.34. The van der Waals surface area contributed by atoms with Crippen molar-refractivity contribution < 1.29 is 23.1 Å². The molecule has 1 amide bonds. The van der Waals surface area contributed by atoms with Gasteiger partial charge in [-0.25, -0.2) is 0 Å². The van der Waals surface area contributed by atoms with Gasteiger partial charge in [-0.3, -0.25) is 9.79 Å². The highest BCUT2D eigenvalue weighted by molar-refractivity contribution is 5.80. The molecule has 3 N–H and O–H groups in total. The molecule has 0 aromatic heterocycles. The minimum atomic E-state index is -4.65. The van der Waals surface area contributed by atoms with Gasteiger partial charge in [0.1, 0.15) is 0 Å². The third kappa shape index (κ3) is 5.70. The first-order valence-corrected chi connectivity index (χ1v) is 7.18. The SMILES string of the molecule is CN=C(NCC(O)C(F)(F)F)N1CCC(CC(=O)NC)CC1. The first-order chi connectivity index (χ1) is 10.3. The zero-order valence-corrected chi connectivity index (χ0v) is 12.8. The van der Waals surface area contributed by atoms with Crippen LogP contribution in [0, 0.1) is 5.92 Å². The molecule has 9 heteroatoms. The van der Waals surface area contributed by atoms with Crippen LogP contribution in [0.2, 0.25) is 0 Å². The van der Waals surface area contributed by atoms with Gasteiger partial charge in [-0.1, -0.05) is 0 Å². The molecule has 0 aliphatic carbocycles. The van der Waals surface area contributed by atoms with Crippen molar-refractivity contribution in [2.45, 2.75) is 31.5 Å². The Hall–Kier alpha value is -1.51. The number of halogens is 3. The van der Waals surface area contributed by atoms with Gasteiger partial charge in [-0.05, 0) is 18.8 Å². The van der Waals surface area contributed by atoms with Crippen LogP contribution in [0.4, 0.5) is 13.2 Å². The van der Waals surface area contributed by atoms with Crippen molar-refractivity contribution in [3.8, 4) is 0 Å². The van der Waals surface area contributed by atoms with Crippen LogP contribution in [-0.4, -0.2) is 67.9 Å². The molecule has 0 bridgehead atoms. The molecule has 6 nitrogen and oxygen atoms in total. The van der Waals surface area contributed by atoms with Gasteiger partial charge in [0.25, 0.3) is 0 Å². The summed E-state index contributed by atoms with van der Waals surface area (Å²) < 4.78 is 36.8. The molecule has 1 fully saturated rings. The molecule has 128 valence electrons. The third-order valence-corrected chi connectivity index (χ3v) is 3.71. The second-order valence-corrected chi connectivity index (χ2v) is 5.29. The van der Waals surface area contributed by atoms with Gasteiger partial charge in [0.05, 0.1) is 6.54 Å². The van der Waals surface area contributed by atoms with E-state index in [1.807, 2.05) is 4.90 Å². The Morgan fingerprint density at radius 3 is 2.45 bits per heavy atom. The maximum absolute atomic E-state index is 12.3. The molecule has 0 radical (unpaired) electrons. The first kappa shape index (κ1) is 18.5. The Kier molecular flexibility index (Phi) is 6.92. The second kappa shape index (κ2) is 8.21. The number of guanidine groups is 1. The summed E-state index contributed by atoms with van der Waals surface area (Å²) in [5.41, 5.74) is 0. The molecule has 1 atom stereocenters. The Labute approximate surface area is 127 Å². The summed E-state index contributed by atoms with van der Waals surface area (Å²) in [5.74, 6) is 0.603. The van der Waals surface area contributed by atoms with Crippen LogP contribution in [0.15, 0.2) is 4.99 Å². The Bertz CT molecular complexity index is 393. The van der Waals surface area contributed by atoms with Crippen molar-refractivity contribution in [3.63, 3.8) is 0 Å². The number of amides is 1. The zero-order chi connectivity index (χ0) is 16.8. The van der Waals surface area contributed by atoms with E-state index in [2.05, 4.69) is 15.6 Å². The normalized spacial score (nSPS) is 19.0. The van der Waals surface area contributed by atoms with E-state index in [0.717, 1.165) is 12.8 Å². The minimum absolute atomic E-state index is 0.00532. The van der Waals surface area contributed by atoms with Crippen LogP contribution >= 0.6 is 0 Å². The predicted molar refractivity (Wildman–Crippen MR) is 76.4 cm³/mol. The Morgan fingerprint density at radius 1 is 1.41 bits per heavy atom. The fourth-order valence-corrected chi connectivity index (χ4v) is 2.35. The molecular formula is C13H23F3N4O2. The third-order valence-electron chi connectivity index (χ3n) is 3.71. The second-order valence-electron chi connectivity index (χ2n) is 5.29. The number of rotatable bonds is 4. The van der Waals surface area contributed by atoms with Crippen molar-refractivity contribution >= 4 is 11.9 Å². The molecule has 0 aromatic carbocycles. The van der Waals surface area contributed by atoms with E-state index in [4.69, 9.17) is 5.11 Å². The van der Waals surface area contributed by atoms with Crippen molar-refractivity contribution in [3.05, 3.63) is 0 Å². The number of piperidine rings is 1. The minimum Gasteiger partial charge on any atom is -0.382 e. The number of carbonyl (C=O) groups excluding carboxylic acids is 1. The quantitative estimate of drug-likeness (QED) is 0.515. The Balaban J connectivity index is 2.42. The zero-order valence-electron chi connectivity index (χ0n) is 12.8. The fraction of sp³-hybridized carbons (Fsp3) is 0.846. The van der Waals surface area contributed by atoms with Crippen LogP contribution in [0.1, 0.15) is 19.3 Å². The molecular weight excluding hydrogens is 301 g/mol. The monoisotopic (exact) mass is 324 g/mol. The number of nitrogens with one attached hydrogen (secondary N) is 2. The predicted octanol–water partition coefficient (Wildman–Crippen LogP) is 0.333. The number of hydrogen-bond acceptors (Lipinski definition) is 3. The summed E-state index contributed by atoms with van der Waals surface area (Å²) in [6.07, 6.45) is -5.06. The lowest BCUT2D eigenvalue weighted by atomic mass is 9.93. The summed E-state index contributed by atoms with van der Waals surface area (Å²) in [7, 11) is 3.08. The molecule has 1 unspecified atom stereocenters. The van der Waals surface area contributed by atoms with Gasteiger partial charge in [-0.15, -0.1) is 0 Å². The maximum Gasteiger partial charge on any atom is 0.416 e. The van der Waals surface area contributed by atoms with E-state index >= 15 is 0 Å². The number of aliphatic hydroxyl groups excluding tert-OH is 1. The number of aliphatic hydroxyl groups is 1. The molecule has 1 heterocycles. The number of alkyl halides is 3. The standard InChI is InChI=1S/C13H23F3N4O2/c1-17-11(22)7-9-3-5-20(6-4-9)12(18-2)19-8-10(21)13(14,15)16/h9-10,21H,3-8H2,1-2H3,(H,17,22)(H,18,19). The molecule has 1 aliphatic rings. The molecule has 1 saturated heterocycles. The number of aliphatic imine (C=N–C) groups is 1. The number of hydrogen-bond donors (Lipinski definition) is 3. The summed E-state index contributed by atoms with van der Waals surface area (Å²) >= 11 is 0. The van der Waals surface area contributed by atoms with E-state index in [0.29, 0.717) is 25.5 Å². The highest BCUT2D eigenvalue weighted by Gasteiger charge is 2.38. The van der Waals surface area contributed by atoms with E-state index in [1.165, 1.54) is 7.05 Å². The Morgan fingerprint density at radius 2 is 2.00 bits per heavy atom. The molecule has 22 heavy (non-hydrogen) atoms. The molecule has 0 saturated carbocycles. The maximum atomic E-state index is 12.3. The molecule has 0 aromatic rings. The summed E-state index contributed by atoms with van der Waals surface area (Å²) in [5, 5.41) is 14.1. The number of likely N-dealkylation sites (tertiary alicyclic amines) is 1. The largest absolute Gasteiger partial charge is 0.416 e. The van der Waals surface area contributed by atoms with Crippen LogP contribution < -0.4 is 10.6 Å². The van der Waals surface area contributed by atoms with Gasteiger partial charge >= 0.3 is 6.18 Å². The van der Waals surface area contributed by atoms with E-state index in [-0.39, 0.29) is 11.8 Å². The molecule has 0 spiro atoms. The highest BCUT2D eigenvalue weighted by atomic mass is 19.4. The first-order valence-electron chi connectivity index (χ1n) is 7.18. The lowest BCUT2D eigenvalue weighted by Crippen LogP contribution is -2.49. The van der Waals surface area contributed by atoms with Crippen LogP contribution in [-0.2, 0) is 4.79 Å². The van der Waals surface area contributed by atoms with Crippen molar-refractivity contribution in [1.82, 2.24) is 15.5 Å². The number of nitrogens with zero attached hydrogens (tertiary/aromatic N) is 2. The van der Waals surface area contributed by atoms with Crippen molar-refractivity contribution in [1.29, 1.82) is 0 Å². The molecule has 1 rings (SSSR count). The van der Waals surface area contributed by atoms with Gasteiger partial charge in [0.15, 0.2) is 12.1 Å². The van der Waals surface area contributed by atoms with Crippen LogP contribution in [0.25, 0.3) is 0 Å². The van der Waals surface area contributed by atoms with E-state index in [9.17, 15) is 18.0 Å². The number of carbonyl (C=O) groups is 1. The highest BCUT2D eigenvalue weighted by Crippen LogP contribution is 2.21. The summed E-state index contributed by atoms with van der Waals surface area (Å²) in [4.78, 5) is 17.1. The van der Waals surface area contributed by atoms with Crippen molar-refractivity contribution in [2.24, 2.45) is 10.9 Å². The lowest BCUT2D eigenvalue weighted by molar-refractivity contribution is -0.201. The summed E-state index contributed by atoms with van der Waals surface area (Å²) in [6.45, 7) is 0.598. The van der Waals surface area contributed by atoms with Crippen LogP contribution in [0.3, 0.4) is 0 Å². The van der Waals surface area contributed by atoms with Gasteiger partial charge < -0.3 is 20.6 Å². The van der Waals surface area contributed by atoms with E-state index in [1.54, 1.807) is 7.05 Å².